The Balaban J connectivity index is 0.000000114. The number of fused-ring (bicyclic) bond motifs is 2. The first kappa shape index (κ1) is 10.3. The van der Waals surface area contributed by atoms with Crippen molar-refractivity contribution in [2.24, 2.45) is 11.8 Å². The minimum atomic E-state index is 0.991. The quantitative estimate of drug-likeness (QED) is 0.591. The predicted molar refractivity (Wildman–Crippen MR) is 65.1 cm³/mol. The zero-order chi connectivity index (χ0) is 10.5. The minimum absolute atomic E-state index is 0.991. The fourth-order valence-corrected chi connectivity index (χ4v) is 2.26. The summed E-state index contributed by atoms with van der Waals surface area (Å²) in [7, 11) is 0. The SMILES string of the molecule is C1=CC2CCC1C2.CC1=CC=CC=CN1. The second-order valence-electron chi connectivity index (χ2n) is 4.46. The second-order valence-corrected chi connectivity index (χ2v) is 4.46. The van der Waals surface area contributed by atoms with Crippen LogP contribution < -0.4 is 5.32 Å². The van der Waals surface area contributed by atoms with Gasteiger partial charge in [-0.25, -0.2) is 0 Å². The van der Waals surface area contributed by atoms with Gasteiger partial charge < -0.3 is 5.32 Å². The van der Waals surface area contributed by atoms with Crippen molar-refractivity contribution in [1.82, 2.24) is 5.32 Å². The molecule has 1 aliphatic heterocycles. The summed E-state index contributed by atoms with van der Waals surface area (Å²) >= 11 is 0. The van der Waals surface area contributed by atoms with Crippen molar-refractivity contribution in [2.75, 3.05) is 0 Å². The molecule has 2 atom stereocenters. The number of nitrogens with one attached hydrogen (secondary N) is 1. The van der Waals surface area contributed by atoms with Gasteiger partial charge in [-0.2, -0.15) is 0 Å². The van der Waals surface area contributed by atoms with Gasteiger partial charge in [-0.3, -0.25) is 0 Å². The maximum absolute atomic E-state index is 3.06. The molecule has 1 N–H and O–H groups in total. The molecule has 15 heavy (non-hydrogen) atoms. The van der Waals surface area contributed by atoms with E-state index in [2.05, 4.69) is 17.5 Å². The summed E-state index contributed by atoms with van der Waals surface area (Å²) in [5.74, 6) is 1.98. The first-order valence-electron chi connectivity index (χ1n) is 5.79. The van der Waals surface area contributed by atoms with Crippen molar-refractivity contribution in [3.05, 3.63) is 48.4 Å². The predicted octanol–water partition coefficient (Wildman–Crippen LogP) is 3.54. The van der Waals surface area contributed by atoms with Crippen molar-refractivity contribution in [3.63, 3.8) is 0 Å². The van der Waals surface area contributed by atoms with Gasteiger partial charge in [0.25, 0.3) is 0 Å². The Morgan fingerprint density at radius 2 is 1.80 bits per heavy atom. The highest BCUT2D eigenvalue weighted by Crippen LogP contribution is 2.38. The molecule has 3 aliphatic rings. The van der Waals surface area contributed by atoms with Crippen molar-refractivity contribution in [3.8, 4) is 0 Å². The van der Waals surface area contributed by atoms with Crippen LogP contribution in [0.3, 0.4) is 0 Å². The third-order valence-electron chi connectivity index (χ3n) is 3.14. The average molecular weight is 201 g/mol. The number of hydrogen-bond donors (Lipinski definition) is 1. The first-order chi connectivity index (χ1) is 7.34. The summed E-state index contributed by atoms with van der Waals surface area (Å²) in [4.78, 5) is 0. The van der Waals surface area contributed by atoms with Crippen LogP contribution in [-0.2, 0) is 0 Å². The van der Waals surface area contributed by atoms with E-state index in [1.54, 1.807) is 0 Å². The molecule has 2 bridgehead atoms. The van der Waals surface area contributed by atoms with E-state index in [4.69, 9.17) is 0 Å². The highest BCUT2D eigenvalue weighted by atomic mass is 14.8. The Morgan fingerprint density at radius 1 is 1.07 bits per heavy atom. The molecule has 0 aromatic carbocycles. The molecule has 3 rings (SSSR count). The zero-order valence-corrected chi connectivity index (χ0v) is 9.32. The van der Waals surface area contributed by atoms with Crippen LogP contribution in [-0.4, -0.2) is 0 Å². The van der Waals surface area contributed by atoms with Gasteiger partial charge in [0.15, 0.2) is 0 Å². The van der Waals surface area contributed by atoms with E-state index < -0.39 is 0 Å². The summed E-state index contributed by atoms with van der Waals surface area (Å²) in [6.07, 6.45) is 19.1. The third-order valence-corrected chi connectivity index (χ3v) is 3.14. The molecule has 1 fully saturated rings. The van der Waals surface area contributed by atoms with Crippen molar-refractivity contribution in [1.29, 1.82) is 0 Å². The molecule has 2 unspecified atom stereocenters. The van der Waals surface area contributed by atoms with Gasteiger partial charge in [0.2, 0.25) is 0 Å². The maximum atomic E-state index is 3.06. The van der Waals surface area contributed by atoms with Gasteiger partial charge in [-0.05, 0) is 50.2 Å². The van der Waals surface area contributed by atoms with Crippen LogP contribution in [0.5, 0.6) is 0 Å². The van der Waals surface area contributed by atoms with Crippen LogP contribution >= 0.6 is 0 Å². The van der Waals surface area contributed by atoms with Gasteiger partial charge in [0.05, 0.1) is 0 Å². The fraction of sp³-hybridized carbons (Fsp3) is 0.429. The first-order valence-corrected chi connectivity index (χ1v) is 5.79. The van der Waals surface area contributed by atoms with E-state index in [9.17, 15) is 0 Å². The number of allylic oxidation sites excluding steroid dienone is 7. The molecule has 2 aliphatic carbocycles. The number of hydrogen-bond acceptors (Lipinski definition) is 1. The monoisotopic (exact) mass is 201 g/mol. The molecule has 0 aromatic rings. The molecular weight excluding hydrogens is 182 g/mol. The molecule has 1 heteroatoms. The highest BCUT2D eigenvalue weighted by Gasteiger charge is 2.25. The Labute approximate surface area is 92.3 Å². The van der Waals surface area contributed by atoms with E-state index in [0.29, 0.717) is 0 Å². The topological polar surface area (TPSA) is 12.0 Å². The third kappa shape index (κ3) is 3.12. The van der Waals surface area contributed by atoms with Crippen molar-refractivity contribution >= 4 is 0 Å². The Hall–Kier alpha value is -1.24. The van der Waals surface area contributed by atoms with Gasteiger partial charge in [-0.15, -0.1) is 0 Å². The average Bonchev–Trinajstić information content (AvgIpc) is 2.82. The summed E-state index contributed by atoms with van der Waals surface area (Å²) in [6.45, 7) is 2.03. The molecule has 1 nitrogen and oxygen atoms in total. The molecule has 0 spiro atoms. The summed E-state index contributed by atoms with van der Waals surface area (Å²) < 4.78 is 0. The van der Waals surface area contributed by atoms with Gasteiger partial charge in [0, 0.05) is 11.9 Å². The molecule has 0 radical (unpaired) electrons. The summed E-state index contributed by atoms with van der Waals surface area (Å²) in [5.41, 5.74) is 1.18. The minimum Gasteiger partial charge on any atom is -0.365 e. The maximum Gasteiger partial charge on any atom is 0.0115 e. The van der Waals surface area contributed by atoms with E-state index in [1.807, 2.05) is 37.4 Å². The Kier molecular flexibility index (Phi) is 3.44. The largest absolute Gasteiger partial charge is 0.365 e. The lowest BCUT2D eigenvalue weighted by molar-refractivity contribution is 0.691. The normalized spacial score (nSPS) is 30.3. The molecule has 0 aromatic heterocycles. The lowest BCUT2D eigenvalue weighted by Gasteiger charge is -1.96. The van der Waals surface area contributed by atoms with Crippen molar-refractivity contribution < 1.29 is 0 Å². The Morgan fingerprint density at radius 3 is 2.33 bits per heavy atom. The summed E-state index contributed by atoms with van der Waals surface area (Å²) in [6, 6.07) is 0. The highest BCUT2D eigenvalue weighted by molar-refractivity contribution is 5.19. The molecule has 1 saturated carbocycles. The lowest BCUT2D eigenvalue weighted by atomic mass is 10.1. The molecule has 80 valence electrons. The molecular formula is C14H19N. The van der Waals surface area contributed by atoms with Crippen molar-refractivity contribution in [2.45, 2.75) is 26.2 Å². The zero-order valence-electron chi connectivity index (χ0n) is 9.32. The van der Waals surface area contributed by atoms with Gasteiger partial charge in [-0.1, -0.05) is 24.3 Å². The van der Waals surface area contributed by atoms with Crippen LogP contribution in [0.4, 0.5) is 0 Å². The van der Waals surface area contributed by atoms with E-state index in [0.717, 1.165) is 11.8 Å². The van der Waals surface area contributed by atoms with Crippen LogP contribution in [0.25, 0.3) is 0 Å². The van der Waals surface area contributed by atoms with Gasteiger partial charge >= 0.3 is 0 Å². The smallest absolute Gasteiger partial charge is 0.0115 e. The van der Waals surface area contributed by atoms with Crippen LogP contribution in [0.15, 0.2) is 48.4 Å². The van der Waals surface area contributed by atoms with Crippen LogP contribution in [0.2, 0.25) is 0 Å². The standard InChI is InChI=1S/C7H9N.C7H10/c1-7-5-3-2-4-6-8-7;1-2-7-4-3-6(1)5-7/h2-6,8H,1H3;1-2,6-7H,3-5H2. The molecule has 1 heterocycles. The van der Waals surface area contributed by atoms with E-state index in [1.165, 1.54) is 25.0 Å². The Bertz CT molecular complexity index is 308. The molecule has 0 amide bonds. The van der Waals surface area contributed by atoms with Crippen LogP contribution in [0, 0.1) is 11.8 Å². The van der Waals surface area contributed by atoms with Gasteiger partial charge in [0.1, 0.15) is 0 Å². The molecule has 0 saturated heterocycles. The lowest BCUT2D eigenvalue weighted by Crippen LogP contribution is -1.98. The van der Waals surface area contributed by atoms with E-state index >= 15 is 0 Å². The van der Waals surface area contributed by atoms with Crippen LogP contribution in [0.1, 0.15) is 26.2 Å². The van der Waals surface area contributed by atoms with E-state index in [-0.39, 0.29) is 0 Å². The fourth-order valence-electron chi connectivity index (χ4n) is 2.26. The second kappa shape index (κ2) is 5.01. The summed E-state index contributed by atoms with van der Waals surface area (Å²) in [5, 5.41) is 3.06. The number of rotatable bonds is 0.